The summed E-state index contributed by atoms with van der Waals surface area (Å²) in [5, 5.41) is 0. The van der Waals surface area contributed by atoms with E-state index in [-0.39, 0.29) is 12.3 Å². The summed E-state index contributed by atoms with van der Waals surface area (Å²) in [4.78, 5) is 29.3. The first kappa shape index (κ1) is 21.7. The predicted molar refractivity (Wildman–Crippen MR) is 115 cm³/mol. The number of carbonyl (C=O) groups excluding carboxylic acids is 2. The van der Waals surface area contributed by atoms with E-state index in [0.717, 1.165) is 21.5 Å². The van der Waals surface area contributed by atoms with Gasteiger partial charge in [-0.3, -0.25) is 4.79 Å². The van der Waals surface area contributed by atoms with Gasteiger partial charge in [-0.1, -0.05) is 23.5 Å². The van der Waals surface area contributed by atoms with Gasteiger partial charge in [0.05, 0.1) is 42.5 Å². The molecule has 8 heteroatoms. The Morgan fingerprint density at radius 2 is 1.87 bits per heavy atom. The predicted octanol–water partition coefficient (Wildman–Crippen LogP) is 3.20. The molecule has 1 amide bonds. The van der Waals surface area contributed by atoms with Gasteiger partial charge in [0, 0.05) is 13.7 Å². The Bertz CT molecular complexity index is 1100. The maximum absolute atomic E-state index is 12.6. The molecule has 0 spiro atoms. The molecule has 30 heavy (non-hydrogen) atoms. The van der Waals surface area contributed by atoms with E-state index in [0.29, 0.717) is 30.1 Å². The molecule has 0 bridgehead atoms. The van der Waals surface area contributed by atoms with E-state index in [1.54, 1.807) is 19.2 Å². The molecule has 1 aromatic heterocycles. The molecular weight excluding hydrogens is 404 g/mol. The van der Waals surface area contributed by atoms with Crippen LogP contribution in [0.25, 0.3) is 10.2 Å². The normalized spacial score (nSPS) is 11.6. The largest absolute Gasteiger partial charge is 0.494 e. The maximum atomic E-state index is 12.6. The zero-order valence-electron chi connectivity index (χ0n) is 17.2. The highest BCUT2D eigenvalue weighted by molar-refractivity contribution is 7.16. The van der Waals surface area contributed by atoms with Crippen LogP contribution < -0.4 is 9.54 Å². The summed E-state index contributed by atoms with van der Waals surface area (Å²) in [6, 6.07) is 12.7. The summed E-state index contributed by atoms with van der Waals surface area (Å²) in [6.07, 6.45) is 0.193. The first-order valence-electron chi connectivity index (χ1n) is 9.55. The monoisotopic (exact) mass is 428 g/mol. The molecule has 0 aliphatic rings. The first-order chi connectivity index (χ1) is 14.5. The van der Waals surface area contributed by atoms with Gasteiger partial charge in [-0.25, -0.2) is 4.79 Å². The van der Waals surface area contributed by atoms with Crippen molar-refractivity contribution in [2.75, 3.05) is 27.4 Å². The van der Waals surface area contributed by atoms with Crippen molar-refractivity contribution in [3.8, 4) is 5.75 Å². The van der Waals surface area contributed by atoms with Crippen LogP contribution in [-0.2, 0) is 27.2 Å². The smallest absolute Gasteiger partial charge is 0.337 e. The second-order valence-electron chi connectivity index (χ2n) is 6.46. The minimum atomic E-state index is -0.404. The summed E-state index contributed by atoms with van der Waals surface area (Å²) in [7, 11) is 2.97. The fourth-order valence-electron chi connectivity index (χ4n) is 2.99. The average Bonchev–Trinajstić information content (AvgIpc) is 3.09. The van der Waals surface area contributed by atoms with E-state index in [4.69, 9.17) is 14.2 Å². The van der Waals surface area contributed by atoms with Crippen molar-refractivity contribution in [1.29, 1.82) is 0 Å². The van der Waals surface area contributed by atoms with Gasteiger partial charge in [0.25, 0.3) is 5.91 Å². The van der Waals surface area contributed by atoms with Crippen LogP contribution in [0.4, 0.5) is 0 Å². The van der Waals surface area contributed by atoms with Crippen LogP contribution in [0.5, 0.6) is 5.75 Å². The van der Waals surface area contributed by atoms with Gasteiger partial charge in [-0.05, 0) is 42.8 Å². The Balaban J connectivity index is 1.92. The molecule has 3 rings (SSSR count). The molecule has 3 aromatic rings. The van der Waals surface area contributed by atoms with Crippen molar-refractivity contribution < 1.29 is 23.8 Å². The summed E-state index contributed by atoms with van der Waals surface area (Å²) < 4.78 is 18.2. The zero-order valence-corrected chi connectivity index (χ0v) is 18.0. The molecule has 0 aliphatic heterocycles. The van der Waals surface area contributed by atoms with Crippen LogP contribution in [0.2, 0.25) is 0 Å². The van der Waals surface area contributed by atoms with Crippen molar-refractivity contribution in [1.82, 2.24) is 4.57 Å². The first-order valence-corrected chi connectivity index (χ1v) is 10.4. The molecular formula is C22H24N2O5S. The number of methoxy groups -OCH3 is 2. The molecule has 7 nitrogen and oxygen atoms in total. The van der Waals surface area contributed by atoms with Gasteiger partial charge >= 0.3 is 5.97 Å². The van der Waals surface area contributed by atoms with Crippen molar-refractivity contribution >= 4 is 33.4 Å². The number of ether oxygens (including phenoxy) is 3. The topological polar surface area (TPSA) is 79.1 Å². The Hall–Kier alpha value is -2.97. The quantitative estimate of drug-likeness (QED) is 0.515. The highest BCUT2D eigenvalue weighted by Crippen LogP contribution is 2.20. The van der Waals surface area contributed by atoms with Crippen molar-refractivity contribution in [3.05, 3.63) is 58.4 Å². The van der Waals surface area contributed by atoms with Gasteiger partial charge in [0.15, 0.2) is 4.80 Å². The number of hydrogen-bond donors (Lipinski definition) is 0. The second kappa shape index (κ2) is 10.2. The second-order valence-corrected chi connectivity index (χ2v) is 7.47. The van der Waals surface area contributed by atoms with E-state index in [1.165, 1.54) is 18.4 Å². The Kier molecular flexibility index (Phi) is 7.37. The number of benzene rings is 2. The Morgan fingerprint density at radius 1 is 1.10 bits per heavy atom. The standard InChI is InChI=1S/C22H24N2O5S/c1-4-29-17-8-5-15(6-9-17)13-20(25)23-22-24(11-12-27-2)18-10-7-16(21(26)28-3)14-19(18)30-22/h5-10,14H,4,11-13H2,1-3H3. The molecule has 0 atom stereocenters. The molecule has 0 radical (unpaired) electrons. The van der Waals surface area contributed by atoms with Crippen LogP contribution >= 0.6 is 11.3 Å². The van der Waals surface area contributed by atoms with E-state index in [9.17, 15) is 9.59 Å². The lowest BCUT2D eigenvalue weighted by Gasteiger charge is -2.05. The number of hydrogen-bond acceptors (Lipinski definition) is 6. The highest BCUT2D eigenvalue weighted by atomic mass is 32.1. The Labute approximate surface area is 178 Å². The van der Waals surface area contributed by atoms with Crippen LogP contribution in [0, 0.1) is 0 Å². The summed E-state index contributed by atoms with van der Waals surface area (Å²) in [6.45, 7) is 3.54. The highest BCUT2D eigenvalue weighted by Gasteiger charge is 2.12. The zero-order chi connectivity index (χ0) is 21.5. The number of rotatable bonds is 8. The minimum Gasteiger partial charge on any atom is -0.494 e. The van der Waals surface area contributed by atoms with Gasteiger partial charge in [-0.2, -0.15) is 4.99 Å². The SMILES string of the molecule is CCOc1ccc(CC(=O)N=c2sc3cc(C(=O)OC)ccc3n2CCOC)cc1. The molecule has 0 unspecified atom stereocenters. The molecule has 0 fully saturated rings. The molecule has 1 heterocycles. The number of thiazole rings is 1. The summed E-state index contributed by atoms with van der Waals surface area (Å²) in [5.41, 5.74) is 2.21. The molecule has 0 N–H and O–H groups in total. The van der Waals surface area contributed by atoms with E-state index in [1.807, 2.05) is 41.8 Å². The van der Waals surface area contributed by atoms with Gasteiger partial charge in [0.2, 0.25) is 0 Å². The Morgan fingerprint density at radius 3 is 2.53 bits per heavy atom. The van der Waals surface area contributed by atoms with E-state index >= 15 is 0 Å². The number of carbonyl (C=O) groups is 2. The van der Waals surface area contributed by atoms with E-state index in [2.05, 4.69) is 4.99 Å². The molecule has 0 saturated heterocycles. The van der Waals surface area contributed by atoms with Crippen molar-refractivity contribution in [2.45, 2.75) is 19.9 Å². The van der Waals surface area contributed by atoms with Gasteiger partial charge < -0.3 is 18.8 Å². The number of amides is 1. The molecule has 0 aliphatic carbocycles. The number of fused-ring (bicyclic) bond motifs is 1. The van der Waals surface area contributed by atoms with Crippen LogP contribution in [0.3, 0.4) is 0 Å². The minimum absolute atomic E-state index is 0.193. The third kappa shape index (κ3) is 5.14. The third-order valence-corrected chi connectivity index (χ3v) is 5.47. The lowest BCUT2D eigenvalue weighted by Crippen LogP contribution is -2.19. The molecule has 158 valence electrons. The fraction of sp³-hybridized carbons (Fsp3) is 0.318. The number of esters is 1. The third-order valence-electron chi connectivity index (χ3n) is 4.43. The number of aromatic nitrogens is 1. The van der Waals surface area contributed by atoms with E-state index < -0.39 is 5.97 Å². The fourth-order valence-corrected chi connectivity index (χ4v) is 4.11. The van der Waals surface area contributed by atoms with Crippen LogP contribution in [0.15, 0.2) is 47.5 Å². The summed E-state index contributed by atoms with van der Waals surface area (Å²) >= 11 is 1.36. The van der Waals surface area contributed by atoms with Crippen LogP contribution in [0.1, 0.15) is 22.8 Å². The van der Waals surface area contributed by atoms with Crippen molar-refractivity contribution in [3.63, 3.8) is 0 Å². The lowest BCUT2D eigenvalue weighted by molar-refractivity contribution is -0.117. The van der Waals surface area contributed by atoms with Gasteiger partial charge in [-0.15, -0.1) is 0 Å². The van der Waals surface area contributed by atoms with Crippen LogP contribution in [-0.4, -0.2) is 43.9 Å². The maximum Gasteiger partial charge on any atom is 0.337 e. The van der Waals surface area contributed by atoms with Gasteiger partial charge in [0.1, 0.15) is 5.75 Å². The summed E-state index contributed by atoms with van der Waals surface area (Å²) in [5.74, 6) is 0.123. The number of nitrogens with zero attached hydrogens (tertiary/aromatic N) is 2. The van der Waals surface area contributed by atoms with Crippen molar-refractivity contribution in [2.24, 2.45) is 4.99 Å². The lowest BCUT2D eigenvalue weighted by atomic mass is 10.1. The molecule has 2 aromatic carbocycles. The average molecular weight is 429 g/mol. The molecule has 0 saturated carbocycles.